The van der Waals surface area contributed by atoms with E-state index in [0.717, 1.165) is 23.7 Å². The molecule has 2 rings (SSSR count). The lowest BCUT2D eigenvalue weighted by Crippen LogP contribution is -2.06. The van der Waals surface area contributed by atoms with Gasteiger partial charge in [-0.1, -0.05) is 18.2 Å². The van der Waals surface area contributed by atoms with Crippen molar-refractivity contribution in [2.45, 2.75) is 33.4 Å². The van der Waals surface area contributed by atoms with E-state index in [9.17, 15) is 0 Å². The summed E-state index contributed by atoms with van der Waals surface area (Å²) < 4.78 is 11.1. The normalized spacial score (nSPS) is 10.5. The van der Waals surface area contributed by atoms with Crippen molar-refractivity contribution in [3.63, 3.8) is 0 Å². The highest BCUT2D eigenvalue weighted by atomic mass is 16.5. The Morgan fingerprint density at radius 3 is 2.62 bits per heavy atom. The van der Waals surface area contributed by atoms with Crippen LogP contribution in [0.2, 0.25) is 0 Å². The summed E-state index contributed by atoms with van der Waals surface area (Å²) in [4.78, 5) is 0. The first kappa shape index (κ1) is 15.2. The van der Waals surface area contributed by atoms with Gasteiger partial charge in [0.15, 0.2) is 0 Å². The number of benzene rings is 2. The van der Waals surface area contributed by atoms with E-state index < -0.39 is 0 Å². The Morgan fingerprint density at radius 1 is 1.10 bits per heavy atom. The van der Waals surface area contributed by atoms with Crippen LogP contribution in [-0.4, -0.2) is 13.2 Å². The molecular weight excluding hydrogens is 262 g/mol. The molecule has 0 spiro atoms. The number of methoxy groups -OCH3 is 1. The van der Waals surface area contributed by atoms with Crippen LogP contribution in [0.25, 0.3) is 0 Å². The van der Waals surface area contributed by atoms with E-state index in [1.54, 1.807) is 7.11 Å². The second kappa shape index (κ2) is 7.02. The number of aryl methyl sites for hydroxylation is 1. The molecule has 0 saturated heterocycles. The average molecular weight is 285 g/mol. The molecule has 0 atom stereocenters. The van der Waals surface area contributed by atoms with E-state index in [0.29, 0.717) is 0 Å². The molecule has 0 fully saturated rings. The lowest BCUT2D eigenvalue weighted by molar-refractivity contribution is 0.242. The summed E-state index contributed by atoms with van der Waals surface area (Å²) in [5, 5.41) is 3.41. The predicted molar refractivity (Wildman–Crippen MR) is 87.3 cm³/mol. The average Bonchev–Trinajstić information content (AvgIpc) is 2.45. The molecule has 1 N–H and O–H groups in total. The first-order valence-corrected chi connectivity index (χ1v) is 7.22. The number of hydrogen-bond acceptors (Lipinski definition) is 3. The summed E-state index contributed by atoms with van der Waals surface area (Å²) in [5.74, 6) is 1.77. The maximum absolute atomic E-state index is 5.72. The molecule has 112 valence electrons. The molecule has 3 heteroatoms. The Hall–Kier alpha value is -2.16. The van der Waals surface area contributed by atoms with Gasteiger partial charge in [0, 0.05) is 6.54 Å². The van der Waals surface area contributed by atoms with E-state index in [1.807, 2.05) is 38.1 Å². The van der Waals surface area contributed by atoms with Crippen LogP contribution >= 0.6 is 0 Å². The number of ether oxygens (including phenoxy) is 2. The zero-order valence-corrected chi connectivity index (χ0v) is 13.1. The van der Waals surface area contributed by atoms with Gasteiger partial charge in [-0.2, -0.15) is 0 Å². The molecule has 2 aromatic carbocycles. The largest absolute Gasteiger partial charge is 0.495 e. The molecule has 3 nitrogen and oxygen atoms in total. The van der Waals surface area contributed by atoms with Crippen LogP contribution in [0.1, 0.15) is 25.0 Å². The molecular formula is C18H23NO2. The van der Waals surface area contributed by atoms with Crippen LogP contribution in [0.3, 0.4) is 0 Å². The SMILES string of the molecule is COc1cc(C)ccc1NCc1cccc(OC(C)C)c1. The Kier molecular flexibility index (Phi) is 5.09. The smallest absolute Gasteiger partial charge is 0.142 e. The highest BCUT2D eigenvalue weighted by Crippen LogP contribution is 2.26. The van der Waals surface area contributed by atoms with Crippen LogP contribution in [0.5, 0.6) is 11.5 Å². The van der Waals surface area contributed by atoms with Crippen molar-refractivity contribution in [1.29, 1.82) is 0 Å². The third-order valence-corrected chi connectivity index (χ3v) is 3.11. The van der Waals surface area contributed by atoms with Gasteiger partial charge in [0.05, 0.1) is 18.9 Å². The topological polar surface area (TPSA) is 30.5 Å². The summed E-state index contributed by atoms with van der Waals surface area (Å²) >= 11 is 0. The second-order valence-electron chi connectivity index (χ2n) is 5.37. The number of anilines is 1. The van der Waals surface area contributed by atoms with Crippen molar-refractivity contribution in [3.05, 3.63) is 53.6 Å². The van der Waals surface area contributed by atoms with Crippen molar-refractivity contribution >= 4 is 5.69 Å². The fourth-order valence-electron chi connectivity index (χ4n) is 2.14. The maximum Gasteiger partial charge on any atom is 0.142 e. The maximum atomic E-state index is 5.72. The molecule has 0 heterocycles. The molecule has 0 bridgehead atoms. The summed E-state index contributed by atoms with van der Waals surface area (Å²) in [6, 6.07) is 14.3. The molecule has 0 amide bonds. The van der Waals surface area contributed by atoms with Crippen molar-refractivity contribution in [1.82, 2.24) is 0 Å². The van der Waals surface area contributed by atoms with Crippen LogP contribution < -0.4 is 14.8 Å². The van der Waals surface area contributed by atoms with Gasteiger partial charge in [0.2, 0.25) is 0 Å². The van der Waals surface area contributed by atoms with Crippen molar-refractivity contribution in [2.24, 2.45) is 0 Å². The lowest BCUT2D eigenvalue weighted by atomic mass is 10.2. The highest BCUT2D eigenvalue weighted by Gasteiger charge is 2.04. The third-order valence-electron chi connectivity index (χ3n) is 3.11. The third kappa shape index (κ3) is 4.42. The lowest BCUT2D eigenvalue weighted by Gasteiger charge is -2.13. The first-order valence-electron chi connectivity index (χ1n) is 7.22. The fourth-order valence-corrected chi connectivity index (χ4v) is 2.14. The minimum absolute atomic E-state index is 0.186. The van der Waals surface area contributed by atoms with Crippen LogP contribution in [-0.2, 0) is 6.54 Å². The minimum atomic E-state index is 0.186. The van der Waals surface area contributed by atoms with Gasteiger partial charge in [-0.25, -0.2) is 0 Å². The number of rotatable bonds is 6. The molecule has 0 aliphatic rings. The number of hydrogen-bond donors (Lipinski definition) is 1. The molecule has 0 aliphatic heterocycles. The zero-order chi connectivity index (χ0) is 15.2. The summed E-state index contributed by atoms with van der Waals surface area (Å²) in [5.41, 5.74) is 3.36. The van der Waals surface area contributed by atoms with Gasteiger partial charge in [0.25, 0.3) is 0 Å². The number of nitrogens with one attached hydrogen (secondary N) is 1. The van der Waals surface area contributed by atoms with Gasteiger partial charge >= 0.3 is 0 Å². The molecule has 0 radical (unpaired) electrons. The van der Waals surface area contributed by atoms with Crippen LogP contribution in [0, 0.1) is 6.92 Å². The monoisotopic (exact) mass is 285 g/mol. The van der Waals surface area contributed by atoms with Gasteiger partial charge in [-0.15, -0.1) is 0 Å². The van der Waals surface area contributed by atoms with E-state index >= 15 is 0 Å². The second-order valence-corrected chi connectivity index (χ2v) is 5.37. The first-order chi connectivity index (χ1) is 10.1. The van der Waals surface area contributed by atoms with Crippen molar-refractivity contribution in [3.8, 4) is 11.5 Å². The Morgan fingerprint density at radius 2 is 1.90 bits per heavy atom. The summed E-state index contributed by atoms with van der Waals surface area (Å²) in [6.45, 7) is 6.85. The fraction of sp³-hybridized carbons (Fsp3) is 0.333. The van der Waals surface area contributed by atoms with E-state index in [2.05, 4.69) is 30.4 Å². The molecule has 0 unspecified atom stereocenters. The highest BCUT2D eigenvalue weighted by molar-refractivity contribution is 5.57. The standard InChI is InChI=1S/C18H23NO2/c1-13(2)21-16-7-5-6-15(11-16)12-19-17-9-8-14(3)10-18(17)20-4/h5-11,13,19H,12H2,1-4H3. The predicted octanol–water partition coefficient (Wildman–Crippen LogP) is 4.40. The molecule has 0 aliphatic carbocycles. The Balaban J connectivity index is 2.06. The Labute approximate surface area is 126 Å². The zero-order valence-electron chi connectivity index (χ0n) is 13.1. The summed E-state index contributed by atoms with van der Waals surface area (Å²) in [6.07, 6.45) is 0.186. The molecule has 0 aromatic heterocycles. The quantitative estimate of drug-likeness (QED) is 0.853. The van der Waals surface area contributed by atoms with Gasteiger partial charge < -0.3 is 14.8 Å². The van der Waals surface area contributed by atoms with Gasteiger partial charge in [0.1, 0.15) is 11.5 Å². The van der Waals surface area contributed by atoms with E-state index in [1.165, 1.54) is 11.1 Å². The molecule has 21 heavy (non-hydrogen) atoms. The van der Waals surface area contributed by atoms with Crippen LogP contribution in [0.4, 0.5) is 5.69 Å². The van der Waals surface area contributed by atoms with Gasteiger partial charge in [-0.05, 0) is 56.2 Å². The van der Waals surface area contributed by atoms with E-state index in [-0.39, 0.29) is 6.10 Å². The molecule has 0 saturated carbocycles. The summed E-state index contributed by atoms with van der Waals surface area (Å²) in [7, 11) is 1.69. The van der Waals surface area contributed by atoms with Gasteiger partial charge in [-0.3, -0.25) is 0 Å². The van der Waals surface area contributed by atoms with Crippen molar-refractivity contribution in [2.75, 3.05) is 12.4 Å². The van der Waals surface area contributed by atoms with Crippen LogP contribution in [0.15, 0.2) is 42.5 Å². The molecule has 2 aromatic rings. The minimum Gasteiger partial charge on any atom is -0.495 e. The van der Waals surface area contributed by atoms with Crippen molar-refractivity contribution < 1.29 is 9.47 Å². The van der Waals surface area contributed by atoms with E-state index in [4.69, 9.17) is 9.47 Å². The Bertz CT molecular complexity index is 594.